The maximum atomic E-state index is 5.53. The quantitative estimate of drug-likeness (QED) is 0.721. The zero-order valence-electron chi connectivity index (χ0n) is 10.3. The lowest BCUT2D eigenvalue weighted by Gasteiger charge is -2.09. The van der Waals surface area contributed by atoms with Crippen LogP contribution < -0.4 is 10.1 Å². The van der Waals surface area contributed by atoms with Crippen LogP contribution in [0.3, 0.4) is 0 Å². The summed E-state index contributed by atoms with van der Waals surface area (Å²) in [5, 5.41) is 3.06. The minimum absolute atomic E-state index is 0.579. The Labute approximate surface area is 97.8 Å². The van der Waals surface area contributed by atoms with Crippen molar-refractivity contribution in [2.75, 3.05) is 32.2 Å². The van der Waals surface area contributed by atoms with Crippen LogP contribution in [-0.4, -0.2) is 26.9 Å². The molecule has 0 aliphatic rings. The van der Waals surface area contributed by atoms with Crippen molar-refractivity contribution in [1.82, 2.24) is 0 Å². The predicted molar refractivity (Wildman–Crippen MR) is 67.1 cm³/mol. The molecular weight excluding hydrogens is 202 g/mol. The second-order valence-electron chi connectivity index (χ2n) is 4.09. The van der Waals surface area contributed by atoms with E-state index in [2.05, 4.69) is 19.2 Å². The van der Waals surface area contributed by atoms with Crippen LogP contribution >= 0.6 is 0 Å². The number of rotatable bonds is 7. The van der Waals surface area contributed by atoms with Crippen molar-refractivity contribution in [2.24, 2.45) is 5.92 Å². The first kappa shape index (κ1) is 12.8. The van der Waals surface area contributed by atoms with Gasteiger partial charge in [-0.25, -0.2) is 0 Å². The number of anilines is 1. The van der Waals surface area contributed by atoms with Crippen LogP contribution in [0.1, 0.15) is 13.8 Å². The molecular formula is C13H21NO2. The Morgan fingerprint density at radius 3 is 2.38 bits per heavy atom. The Kier molecular flexibility index (Phi) is 5.72. The molecule has 16 heavy (non-hydrogen) atoms. The first-order chi connectivity index (χ1) is 7.72. The van der Waals surface area contributed by atoms with E-state index in [4.69, 9.17) is 9.47 Å². The molecule has 0 bridgehead atoms. The first-order valence-corrected chi connectivity index (χ1v) is 5.70. The smallest absolute Gasteiger partial charge is 0.119 e. The van der Waals surface area contributed by atoms with E-state index in [0.29, 0.717) is 19.1 Å². The van der Waals surface area contributed by atoms with Gasteiger partial charge in [-0.05, 0) is 30.2 Å². The van der Waals surface area contributed by atoms with Gasteiger partial charge in [-0.1, -0.05) is 13.8 Å². The van der Waals surface area contributed by atoms with Crippen molar-refractivity contribution in [3.05, 3.63) is 24.3 Å². The molecule has 1 aromatic rings. The van der Waals surface area contributed by atoms with E-state index in [0.717, 1.165) is 18.0 Å². The third-order valence-electron chi connectivity index (χ3n) is 2.09. The van der Waals surface area contributed by atoms with Gasteiger partial charge in [-0.15, -0.1) is 0 Å². The normalized spacial score (nSPS) is 10.5. The molecule has 0 atom stereocenters. The largest absolute Gasteiger partial charge is 0.491 e. The fourth-order valence-electron chi connectivity index (χ4n) is 1.26. The molecule has 0 aromatic heterocycles. The van der Waals surface area contributed by atoms with Crippen molar-refractivity contribution in [3.8, 4) is 5.75 Å². The van der Waals surface area contributed by atoms with E-state index >= 15 is 0 Å². The van der Waals surface area contributed by atoms with Gasteiger partial charge >= 0.3 is 0 Å². The summed E-state index contributed by atoms with van der Waals surface area (Å²) in [4.78, 5) is 0. The van der Waals surface area contributed by atoms with Crippen LogP contribution in [0, 0.1) is 5.92 Å². The van der Waals surface area contributed by atoms with Crippen LogP contribution in [0.2, 0.25) is 0 Å². The Morgan fingerprint density at radius 2 is 1.81 bits per heavy atom. The Bertz CT molecular complexity index is 282. The maximum absolute atomic E-state index is 5.53. The number of ether oxygens (including phenoxy) is 2. The van der Waals surface area contributed by atoms with E-state index in [-0.39, 0.29) is 0 Å². The van der Waals surface area contributed by atoms with Crippen LogP contribution in [0.15, 0.2) is 24.3 Å². The average Bonchev–Trinajstić information content (AvgIpc) is 2.29. The van der Waals surface area contributed by atoms with Gasteiger partial charge in [0.2, 0.25) is 0 Å². The van der Waals surface area contributed by atoms with Crippen LogP contribution in [0.25, 0.3) is 0 Å². The van der Waals surface area contributed by atoms with E-state index in [1.165, 1.54) is 0 Å². The van der Waals surface area contributed by atoms with Crippen LogP contribution in [-0.2, 0) is 4.74 Å². The molecule has 0 amide bonds. The zero-order valence-corrected chi connectivity index (χ0v) is 10.3. The minimum atomic E-state index is 0.579. The van der Waals surface area contributed by atoms with Gasteiger partial charge in [0, 0.05) is 19.3 Å². The topological polar surface area (TPSA) is 30.5 Å². The molecule has 0 fully saturated rings. The summed E-state index contributed by atoms with van der Waals surface area (Å²) < 4.78 is 11.0. The van der Waals surface area contributed by atoms with Gasteiger partial charge in [-0.2, -0.15) is 0 Å². The summed E-state index contributed by atoms with van der Waals surface area (Å²) in [7, 11) is 1.90. The molecule has 1 N–H and O–H groups in total. The fraction of sp³-hybridized carbons (Fsp3) is 0.538. The SMILES string of the molecule is CNc1ccc(OCCOCC(C)C)cc1. The van der Waals surface area contributed by atoms with Gasteiger partial charge < -0.3 is 14.8 Å². The Hall–Kier alpha value is -1.22. The van der Waals surface area contributed by atoms with Gasteiger partial charge in [0.15, 0.2) is 0 Å². The van der Waals surface area contributed by atoms with Crippen molar-refractivity contribution < 1.29 is 9.47 Å². The van der Waals surface area contributed by atoms with Gasteiger partial charge in [0.05, 0.1) is 6.61 Å². The summed E-state index contributed by atoms with van der Waals surface area (Å²) in [6, 6.07) is 7.89. The third kappa shape index (κ3) is 5.03. The highest BCUT2D eigenvalue weighted by Gasteiger charge is 1.96. The lowest BCUT2D eigenvalue weighted by atomic mass is 10.2. The molecule has 0 aliphatic carbocycles. The highest BCUT2D eigenvalue weighted by atomic mass is 16.5. The number of hydrogen-bond donors (Lipinski definition) is 1. The Balaban J connectivity index is 2.16. The van der Waals surface area contributed by atoms with Crippen molar-refractivity contribution in [1.29, 1.82) is 0 Å². The lowest BCUT2D eigenvalue weighted by molar-refractivity contribution is 0.0819. The Morgan fingerprint density at radius 1 is 1.12 bits per heavy atom. The van der Waals surface area contributed by atoms with Crippen LogP contribution in [0.4, 0.5) is 5.69 Å². The summed E-state index contributed by atoms with van der Waals surface area (Å²) in [5.41, 5.74) is 1.09. The summed E-state index contributed by atoms with van der Waals surface area (Å²) in [6.07, 6.45) is 0. The maximum Gasteiger partial charge on any atom is 0.119 e. The number of nitrogens with one attached hydrogen (secondary N) is 1. The first-order valence-electron chi connectivity index (χ1n) is 5.70. The van der Waals surface area contributed by atoms with Crippen molar-refractivity contribution in [3.63, 3.8) is 0 Å². The van der Waals surface area contributed by atoms with Gasteiger partial charge in [0.25, 0.3) is 0 Å². The summed E-state index contributed by atoms with van der Waals surface area (Å²) in [5.74, 6) is 1.46. The van der Waals surface area contributed by atoms with E-state index in [1.807, 2.05) is 31.3 Å². The molecule has 90 valence electrons. The van der Waals surface area contributed by atoms with E-state index in [1.54, 1.807) is 0 Å². The molecule has 1 rings (SSSR count). The molecule has 0 heterocycles. The molecule has 0 spiro atoms. The lowest BCUT2D eigenvalue weighted by Crippen LogP contribution is -2.10. The highest BCUT2D eigenvalue weighted by molar-refractivity contribution is 5.45. The predicted octanol–water partition coefficient (Wildman–Crippen LogP) is 2.78. The second-order valence-corrected chi connectivity index (χ2v) is 4.09. The molecule has 3 nitrogen and oxygen atoms in total. The summed E-state index contributed by atoms with van der Waals surface area (Å²) >= 11 is 0. The molecule has 3 heteroatoms. The molecule has 0 saturated carbocycles. The molecule has 0 saturated heterocycles. The standard InChI is InChI=1S/C13H21NO2/c1-11(2)10-15-8-9-16-13-6-4-12(14-3)5-7-13/h4-7,11,14H,8-10H2,1-3H3. The van der Waals surface area contributed by atoms with Gasteiger partial charge in [0.1, 0.15) is 12.4 Å². The molecule has 0 radical (unpaired) electrons. The van der Waals surface area contributed by atoms with Gasteiger partial charge in [-0.3, -0.25) is 0 Å². The molecule has 0 unspecified atom stereocenters. The fourth-order valence-corrected chi connectivity index (χ4v) is 1.26. The average molecular weight is 223 g/mol. The number of hydrogen-bond acceptors (Lipinski definition) is 3. The van der Waals surface area contributed by atoms with Crippen molar-refractivity contribution in [2.45, 2.75) is 13.8 Å². The van der Waals surface area contributed by atoms with Crippen molar-refractivity contribution >= 4 is 5.69 Å². The second kappa shape index (κ2) is 7.12. The van der Waals surface area contributed by atoms with E-state index in [9.17, 15) is 0 Å². The monoisotopic (exact) mass is 223 g/mol. The highest BCUT2D eigenvalue weighted by Crippen LogP contribution is 2.14. The van der Waals surface area contributed by atoms with E-state index < -0.39 is 0 Å². The molecule has 1 aromatic carbocycles. The number of benzene rings is 1. The third-order valence-corrected chi connectivity index (χ3v) is 2.09. The zero-order chi connectivity index (χ0) is 11.8. The summed E-state index contributed by atoms with van der Waals surface area (Å²) in [6.45, 7) is 6.31. The molecule has 0 aliphatic heterocycles. The van der Waals surface area contributed by atoms with Crippen LogP contribution in [0.5, 0.6) is 5.75 Å². The minimum Gasteiger partial charge on any atom is -0.491 e.